The van der Waals surface area contributed by atoms with Gasteiger partial charge in [-0.3, -0.25) is 4.79 Å². The van der Waals surface area contributed by atoms with Gasteiger partial charge in [0.15, 0.2) is 0 Å². The minimum absolute atomic E-state index is 0.0202. The summed E-state index contributed by atoms with van der Waals surface area (Å²) in [6.07, 6.45) is 10.5. The van der Waals surface area contributed by atoms with E-state index in [0.717, 1.165) is 38.5 Å². The number of hydrogen-bond acceptors (Lipinski definition) is 2. The van der Waals surface area contributed by atoms with Crippen LogP contribution in [0.5, 0.6) is 0 Å². The highest BCUT2D eigenvalue weighted by atomic mass is 16.4. The van der Waals surface area contributed by atoms with E-state index in [2.05, 4.69) is 48.1 Å². The number of carboxylic acids is 1. The molecule has 5 rings (SSSR count). The molecule has 0 aliphatic heterocycles. The van der Waals surface area contributed by atoms with Crippen LogP contribution in [-0.2, 0) is 4.79 Å². The average molecular weight is 457 g/mol. The number of fused-ring (bicyclic) bond motifs is 7. The van der Waals surface area contributed by atoms with Gasteiger partial charge in [-0.15, -0.1) is 0 Å². The van der Waals surface area contributed by atoms with E-state index in [1.807, 2.05) is 0 Å². The molecule has 2 N–H and O–H groups in total. The second-order valence-electron chi connectivity index (χ2n) is 14.5. The fourth-order valence-corrected chi connectivity index (χ4v) is 11.5. The van der Waals surface area contributed by atoms with E-state index in [1.54, 1.807) is 0 Å². The quantitative estimate of drug-likeness (QED) is 0.436. The molecule has 0 aromatic heterocycles. The Morgan fingerprint density at radius 2 is 1.52 bits per heavy atom. The molecule has 0 aromatic rings. The maximum absolute atomic E-state index is 12.8. The van der Waals surface area contributed by atoms with Crippen LogP contribution in [0.25, 0.3) is 0 Å². The van der Waals surface area contributed by atoms with Crippen molar-refractivity contribution in [2.45, 2.75) is 112 Å². The molecule has 0 heterocycles. The van der Waals surface area contributed by atoms with Crippen LogP contribution < -0.4 is 0 Å². The average Bonchev–Trinajstić information content (AvgIpc) is 3.13. The van der Waals surface area contributed by atoms with Crippen LogP contribution in [-0.4, -0.2) is 22.3 Å². The van der Waals surface area contributed by atoms with Crippen molar-refractivity contribution in [3.05, 3.63) is 12.2 Å². The Balaban J connectivity index is 1.57. The van der Waals surface area contributed by atoms with Crippen molar-refractivity contribution in [1.82, 2.24) is 0 Å². The molecule has 5 saturated carbocycles. The molecule has 5 aliphatic carbocycles. The van der Waals surface area contributed by atoms with E-state index in [-0.39, 0.29) is 33.7 Å². The van der Waals surface area contributed by atoms with Gasteiger partial charge in [0.25, 0.3) is 0 Å². The van der Waals surface area contributed by atoms with Crippen LogP contribution in [0.3, 0.4) is 0 Å². The van der Waals surface area contributed by atoms with Crippen molar-refractivity contribution in [2.75, 3.05) is 0 Å². The van der Waals surface area contributed by atoms with E-state index in [1.165, 1.54) is 31.3 Å². The lowest BCUT2D eigenvalue weighted by Gasteiger charge is -2.72. The Kier molecular flexibility index (Phi) is 5.15. The normalized spacial score (nSPS) is 55.0. The smallest absolute Gasteiger partial charge is 0.309 e. The summed E-state index contributed by atoms with van der Waals surface area (Å²) in [4.78, 5) is 12.8. The second-order valence-corrected chi connectivity index (χ2v) is 14.5. The molecule has 0 saturated heterocycles. The van der Waals surface area contributed by atoms with Crippen LogP contribution in [0.1, 0.15) is 106 Å². The fraction of sp³-hybridized carbons (Fsp3) is 0.900. The predicted molar refractivity (Wildman–Crippen MR) is 133 cm³/mol. The largest absolute Gasteiger partial charge is 0.481 e. The lowest BCUT2D eigenvalue weighted by Crippen LogP contribution is -2.67. The number of hydrogen-bond donors (Lipinski definition) is 2. The molecule has 0 bridgehead atoms. The Bertz CT molecular complexity index is 861. The number of aliphatic hydroxyl groups is 1. The van der Waals surface area contributed by atoms with Gasteiger partial charge < -0.3 is 10.2 Å². The van der Waals surface area contributed by atoms with Crippen LogP contribution in [0.2, 0.25) is 0 Å². The first-order chi connectivity index (χ1) is 15.3. The monoisotopic (exact) mass is 456 g/mol. The Labute approximate surface area is 201 Å². The summed E-state index contributed by atoms with van der Waals surface area (Å²) in [7, 11) is 0. The van der Waals surface area contributed by atoms with E-state index < -0.39 is 11.4 Å². The van der Waals surface area contributed by atoms with Crippen LogP contribution in [0.15, 0.2) is 12.2 Å². The van der Waals surface area contributed by atoms with E-state index >= 15 is 0 Å². The first kappa shape index (κ1) is 23.9. The van der Waals surface area contributed by atoms with E-state index in [9.17, 15) is 15.0 Å². The van der Waals surface area contributed by atoms with Crippen molar-refractivity contribution in [3.63, 3.8) is 0 Å². The highest BCUT2D eigenvalue weighted by Gasteiger charge is 2.71. The first-order valence-electron chi connectivity index (χ1n) is 13.8. The molecule has 0 amide bonds. The lowest BCUT2D eigenvalue weighted by atomic mass is 9.32. The minimum atomic E-state index is -0.538. The summed E-state index contributed by atoms with van der Waals surface area (Å²) < 4.78 is 0. The third-order valence-electron chi connectivity index (χ3n) is 13.5. The van der Waals surface area contributed by atoms with Gasteiger partial charge in [-0.05, 0) is 122 Å². The Morgan fingerprint density at radius 3 is 2.15 bits per heavy atom. The zero-order valence-electron chi connectivity index (χ0n) is 22.0. The third-order valence-corrected chi connectivity index (χ3v) is 13.5. The summed E-state index contributed by atoms with van der Waals surface area (Å²) in [6, 6.07) is 0. The van der Waals surface area contributed by atoms with Crippen molar-refractivity contribution >= 4 is 5.97 Å². The molecule has 0 spiro atoms. The molecule has 3 heteroatoms. The van der Waals surface area contributed by atoms with Gasteiger partial charge in [0.1, 0.15) is 0 Å². The van der Waals surface area contributed by atoms with Gasteiger partial charge >= 0.3 is 5.97 Å². The van der Waals surface area contributed by atoms with Crippen molar-refractivity contribution < 1.29 is 15.0 Å². The maximum atomic E-state index is 12.8. The Morgan fingerprint density at radius 1 is 0.818 bits per heavy atom. The molecule has 10 atom stereocenters. The molecule has 33 heavy (non-hydrogen) atoms. The zero-order valence-corrected chi connectivity index (χ0v) is 22.0. The topological polar surface area (TPSA) is 57.5 Å². The van der Waals surface area contributed by atoms with Gasteiger partial charge in [0.2, 0.25) is 0 Å². The van der Waals surface area contributed by atoms with Gasteiger partial charge in [-0.1, -0.05) is 46.8 Å². The van der Waals surface area contributed by atoms with E-state index in [4.69, 9.17) is 0 Å². The zero-order chi connectivity index (χ0) is 24.2. The second kappa shape index (κ2) is 7.11. The fourth-order valence-electron chi connectivity index (χ4n) is 11.5. The Hall–Kier alpha value is -0.830. The summed E-state index contributed by atoms with van der Waals surface area (Å²) in [5.41, 5.74) is 1.35. The molecule has 186 valence electrons. The van der Waals surface area contributed by atoms with Gasteiger partial charge in [0.05, 0.1) is 11.5 Å². The van der Waals surface area contributed by atoms with Crippen LogP contribution >= 0.6 is 0 Å². The summed E-state index contributed by atoms with van der Waals surface area (Å²) in [5, 5.41) is 21.4. The summed E-state index contributed by atoms with van der Waals surface area (Å²) >= 11 is 0. The number of rotatable bonds is 2. The van der Waals surface area contributed by atoms with Crippen molar-refractivity contribution in [1.29, 1.82) is 0 Å². The van der Waals surface area contributed by atoms with Gasteiger partial charge in [0, 0.05) is 0 Å². The molecule has 5 fully saturated rings. The highest BCUT2D eigenvalue weighted by Crippen LogP contribution is 2.77. The minimum Gasteiger partial charge on any atom is -0.481 e. The number of carbonyl (C=O) groups is 1. The molecular formula is C30H48O3. The number of carboxylic acid groups (broad SMARTS) is 1. The molecule has 3 nitrogen and oxygen atoms in total. The predicted octanol–water partition coefficient (Wildman–Crippen LogP) is 7.09. The van der Waals surface area contributed by atoms with Crippen molar-refractivity contribution in [2.24, 2.45) is 56.7 Å². The summed E-state index contributed by atoms with van der Waals surface area (Å²) in [6.45, 7) is 18.8. The maximum Gasteiger partial charge on any atom is 0.309 e. The summed E-state index contributed by atoms with van der Waals surface area (Å²) in [5.74, 6) is 1.79. The van der Waals surface area contributed by atoms with E-state index in [0.29, 0.717) is 23.7 Å². The van der Waals surface area contributed by atoms with Crippen LogP contribution in [0.4, 0.5) is 0 Å². The SMILES string of the molecule is C=C(C)[C@@H]1CC[C@]2(C(=O)O)CC[C@]3(C)[C@H](CC[C@H]4[C@]5(C)CC[C@H](O)C(C)(C)[C@@H]5CC[C@]43C)[C@@H]12. The number of aliphatic hydroxyl groups excluding tert-OH is 1. The number of allylic oxidation sites excluding steroid dienone is 1. The molecule has 0 radical (unpaired) electrons. The third kappa shape index (κ3) is 2.75. The highest BCUT2D eigenvalue weighted by molar-refractivity contribution is 5.76. The molecule has 0 aromatic carbocycles. The van der Waals surface area contributed by atoms with Crippen molar-refractivity contribution in [3.8, 4) is 0 Å². The first-order valence-corrected chi connectivity index (χ1v) is 13.8. The van der Waals surface area contributed by atoms with Crippen LogP contribution in [0, 0.1) is 56.7 Å². The molecule has 5 aliphatic rings. The van der Waals surface area contributed by atoms with Gasteiger partial charge in [-0.25, -0.2) is 0 Å². The number of aliphatic carboxylic acids is 1. The molecular weight excluding hydrogens is 408 g/mol. The standard InChI is InChI=1S/C30H48O3/c1-18(2)19-10-15-30(25(32)33)17-16-28(6)20(24(19)30)8-9-22-27(5)13-12-23(31)26(3,4)21(27)11-14-29(22,28)7/h19-24,31H,1,8-17H2,2-7H3,(H,32,33)/t19-,20+,21-,22-,23-,24+,27+,28+,29+,30-/m0/s1. The lowest BCUT2D eigenvalue weighted by molar-refractivity contribution is -0.248. The molecule has 0 unspecified atom stereocenters. The van der Waals surface area contributed by atoms with Gasteiger partial charge in [-0.2, -0.15) is 0 Å².